The molecule has 3 nitrogen and oxygen atoms in total. The highest BCUT2D eigenvalue weighted by Crippen LogP contribution is 2.30. The second-order valence-electron chi connectivity index (χ2n) is 4.37. The summed E-state index contributed by atoms with van der Waals surface area (Å²) in [6.45, 7) is 7.03. The van der Waals surface area contributed by atoms with E-state index in [0.29, 0.717) is 12.8 Å². The molecule has 0 spiro atoms. The Morgan fingerprint density at radius 1 is 1.47 bits per heavy atom. The molecule has 0 fully saturated rings. The van der Waals surface area contributed by atoms with Crippen molar-refractivity contribution in [2.45, 2.75) is 40.5 Å². The Morgan fingerprint density at radius 3 is 2.33 bits per heavy atom. The third-order valence-corrected chi connectivity index (χ3v) is 2.73. The zero-order chi connectivity index (χ0) is 12.1. The van der Waals surface area contributed by atoms with Crippen LogP contribution in [-0.2, 0) is 9.59 Å². The Hall–Kier alpha value is -1.12. The van der Waals surface area contributed by atoms with E-state index in [4.69, 9.17) is 5.11 Å². The summed E-state index contributed by atoms with van der Waals surface area (Å²) in [5.74, 6) is -0.668. The lowest BCUT2D eigenvalue weighted by molar-refractivity contribution is -0.149. The lowest BCUT2D eigenvalue weighted by atomic mass is 9.79. The zero-order valence-corrected chi connectivity index (χ0v) is 9.91. The van der Waals surface area contributed by atoms with Crippen molar-refractivity contribution in [1.82, 2.24) is 0 Å². The Balaban J connectivity index is 4.43. The van der Waals surface area contributed by atoms with Crippen LogP contribution in [0.25, 0.3) is 0 Å². The molecule has 15 heavy (non-hydrogen) atoms. The first kappa shape index (κ1) is 13.9. The topological polar surface area (TPSA) is 54.4 Å². The molecular formula is C12H20O3. The average Bonchev–Trinajstić information content (AvgIpc) is 2.14. The van der Waals surface area contributed by atoms with Crippen LogP contribution in [0, 0.1) is 11.3 Å². The summed E-state index contributed by atoms with van der Waals surface area (Å²) in [7, 11) is 0. The predicted molar refractivity (Wildman–Crippen MR) is 59.6 cm³/mol. The van der Waals surface area contributed by atoms with Gasteiger partial charge in [0.25, 0.3) is 0 Å². The molecule has 0 aliphatic carbocycles. The summed E-state index contributed by atoms with van der Waals surface area (Å²) in [4.78, 5) is 21.7. The van der Waals surface area contributed by atoms with Crippen molar-refractivity contribution in [3.8, 4) is 0 Å². The maximum Gasteiger partial charge on any atom is 0.309 e. The van der Waals surface area contributed by atoms with Crippen LogP contribution in [0.4, 0.5) is 0 Å². The second-order valence-corrected chi connectivity index (χ2v) is 4.37. The van der Waals surface area contributed by atoms with Crippen LogP contribution >= 0.6 is 0 Å². The van der Waals surface area contributed by atoms with Gasteiger partial charge in [0, 0.05) is 0 Å². The summed E-state index contributed by atoms with van der Waals surface area (Å²) in [5.41, 5.74) is -0.694. The Morgan fingerprint density at radius 2 is 2.00 bits per heavy atom. The van der Waals surface area contributed by atoms with Gasteiger partial charge < -0.3 is 5.11 Å². The summed E-state index contributed by atoms with van der Waals surface area (Å²) >= 11 is 0. The van der Waals surface area contributed by atoms with Gasteiger partial charge in [0.15, 0.2) is 5.78 Å². The molecule has 0 radical (unpaired) electrons. The van der Waals surface area contributed by atoms with E-state index in [9.17, 15) is 9.59 Å². The standard InChI is InChI=1S/C12H20O3/c1-5-12(4,11(14)15)8-9(2)6-7-10(3)13/h6-7,9H,5,8H2,1-4H3,(H,14,15). The van der Waals surface area contributed by atoms with E-state index in [-0.39, 0.29) is 11.7 Å². The van der Waals surface area contributed by atoms with E-state index in [1.54, 1.807) is 13.0 Å². The monoisotopic (exact) mass is 212 g/mol. The number of ketones is 1. The molecule has 0 heterocycles. The number of carboxylic acids is 1. The highest BCUT2D eigenvalue weighted by molar-refractivity contribution is 5.87. The lowest BCUT2D eigenvalue weighted by Crippen LogP contribution is -2.28. The second kappa shape index (κ2) is 5.69. The van der Waals surface area contributed by atoms with Gasteiger partial charge in [0.1, 0.15) is 0 Å². The number of hydrogen-bond acceptors (Lipinski definition) is 2. The molecule has 0 saturated carbocycles. The van der Waals surface area contributed by atoms with Gasteiger partial charge in [-0.15, -0.1) is 0 Å². The highest BCUT2D eigenvalue weighted by Gasteiger charge is 2.31. The van der Waals surface area contributed by atoms with Crippen LogP contribution in [0.15, 0.2) is 12.2 Å². The number of carbonyl (C=O) groups excluding carboxylic acids is 1. The van der Waals surface area contributed by atoms with E-state index in [0.717, 1.165) is 0 Å². The number of allylic oxidation sites excluding steroid dienone is 2. The molecule has 2 unspecified atom stereocenters. The van der Waals surface area contributed by atoms with Crippen LogP contribution in [0.1, 0.15) is 40.5 Å². The number of aliphatic carboxylic acids is 1. The van der Waals surface area contributed by atoms with Gasteiger partial charge >= 0.3 is 5.97 Å². The van der Waals surface area contributed by atoms with Gasteiger partial charge in [-0.2, -0.15) is 0 Å². The van der Waals surface area contributed by atoms with Crippen molar-refractivity contribution < 1.29 is 14.7 Å². The minimum Gasteiger partial charge on any atom is -0.481 e. The van der Waals surface area contributed by atoms with E-state index < -0.39 is 11.4 Å². The van der Waals surface area contributed by atoms with Crippen molar-refractivity contribution in [3.05, 3.63) is 12.2 Å². The summed E-state index contributed by atoms with van der Waals surface area (Å²) < 4.78 is 0. The van der Waals surface area contributed by atoms with Crippen LogP contribution in [0.5, 0.6) is 0 Å². The van der Waals surface area contributed by atoms with Gasteiger partial charge in [-0.3, -0.25) is 9.59 Å². The molecule has 0 aliphatic rings. The minimum absolute atomic E-state index is 0.00428. The fourth-order valence-electron chi connectivity index (χ4n) is 1.46. The predicted octanol–water partition coefficient (Wildman–Crippen LogP) is 2.66. The van der Waals surface area contributed by atoms with Crippen molar-refractivity contribution in [3.63, 3.8) is 0 Å². The van der Waals surface area contributed by atoms with Gasteiger partial charge in [0.05, 0.1) is 5.41 Å². The first-order chi connectivity index (χ1) is 6.81. The Labute approximate surface area is 91.2 Å². The molecule has 0 aromatic heterocycles. The van der Waals surface area contributed by atoms with E-state index in [2.05, 4.69) is 0 Å². The minimum atomic E-state index is -0.770. The Kier molecular flexibility index (Phi) is 5.26. The number of hydrogen-bond donors (Lipinski definition) is 1. The molecular weight excluding hydrogens is 192 g/mol. The van der Waals surface area contributed by atoms with Crippen molar-refractivity contribution in [1.29, 1.82) is 0 Å². The summed E-state index contributed by atoms with van der Waals surface area (Å²) in [5, 5.41) is 9.07. The maximum absolute atomic E-state index is 11.0. The maximum atomic E-state index is 11.0. The smallest absolute Gasteiger partial charge is 0.309 e. The molecule has 0 aliphatic heterocycles. The van der Waals surface area contributed by atoms with Crippen molar-refractivity contribution in [2.24, 2.45) is 11.3 Å². The third-order valence-electron chi connectivity index (χ3n) is 2.73. The van der Waals surface area contributed by atoms with Crippen LogP contribution < -0.4 is 0 Å². The molecule has 0 bridgehead atoms. The molecule has 0 aromatic carbocycles. The summed E-state index contributed by atoms with van der Waals surface area (Å²) in [6, 6.07) is 0. The first-order valence-corrected chi connectivity index (χ1v) is 5.24. The summed E-state index contributed by atoms with van der Waals surface area (Å²) in [6.07, 6.45) is 4.44. The van der Waals surface area contributed by atoms with Gasteiger partial charge in [-0.25, -0.2) is 0 Å². The zero-order valence-electron chi connectivity index (χ0n) is 9.91. The lowest BCUT2D eigenvalue weighted by Gasteiger charge is -2.25. The highest BCUT2D eigenvalue weighted by atomic mass is 16.4. The quantitative estimate of drug-likeness (QED) is 0.689. The van der Waals surface area contributed by atoms with Gasteiger partial charge in [0.2, 0.25) is 0 Å². The van der Waals surface area contributed by atoms with Crippen LogP contribution in [-0.4, -0.2) is 16.9 Å². The van der Waals surface area contributed by atoms with E-state index in [1.165, 1.54) is 13.0 Å². The fraction of sp³-hybridized carbons (Fsp3) is 0.667. The first-order valence-electron chi connectivity index (χ1n) is 5.24. The number of rotatable bonds is 6. The van der Waals surface area contributed by atoms with Crippen LogP contribution in [0.2, 0.25) is 0 Å². The fourth-order valence-corrected chi connectivity index (χ4v) is 1.46. The number of carboxylic acid groups (broad SMARTS) is 1. The molecule has 3 heteroatoms. The molecule has 0 rings (SSSR count). The molecule has 0 saturated heterocycles. The van der Waals surface area contributed by atoms with E-state index in [1.807, 2.05) is 13.8 Å². The van der Waals surface area contributed by atoms with E-state index >= 15 is 0 Å². The largest absolute Gasteiger partial charge is 0.481 e. The molecule has 86 valence electrons. The van der Waals surface area contributed by atoms with Gasteiger partial charge in [-0.1, -0.05) is 19.9 Å². The normalized spacial score (nSPS) is 17.3. The molecule has 0 amide bonds. The average molecular weight is 212 g/mol. The molecule has 1 N–H and O–H groups in total. The van der Waals surface area contributed by atoms with Gasteiger partial charge in [-0.05, 0) is 38.7 Å². The molecule has 0 aromatic rings. The molecule has 2 atom stereocenters. The Bertz CT molecular complexity index is 268. The van der Waals surface area contributed by atoms with Crippen LogP contribution in [0.3, 0.4) is 0 Å². The van der Waals surface area contributed by atoms with Crippen molar-refractivity contribution in [2.75, 3.05) is 0 Å². The SMILES string of the molecule is CCC(C)(CC(C)C=CC(C)=O)C(=O)O. The van der Waals surface area contributed by atoms with Crippen molar-refractivity contribution >= 4 is 11.8 Å². The third kappa shape index (κ3) is 4.77. The number of carbonyl (C=O) groups is 2.